The fourth-order valence-corrected chi connectivity index (χ4v) is 4.60. The lowest BCUT2D eigenvalue weighted by Gasteiger charge is -2.17. The van der Waals surface area contributed by atoms with Crippen LogP contribution in [0, 0.1) is 18.8 Å². The molecule has 2 heterocycles. The van der Waals surface area contributed by atoms with E-state index >= 15 is 0 Å². The third kappa shape index (κ3) is 2.94. The number of fused-ring (bicyclic) bond motifs is 1. The minimum Gasteiger partial charge on any atom is -0.337 e. The highest BCUT2D eigenvalue weighted by molar-refractivity contribution is 6.35. The molecule has 5 nitrogen and oxygen atoms in total. The van der Waals surface area contributed by atoms with Crippen LogP contribution in [-0.4, -0.2) is 39.7 Å². The number of nitrogens with zero attached hydrogens (tertiary/aromatic N) is 3. The van der Waals surface area contributed by atoms with E-state index in [1.807, 2.05) is 11.8 Å². The van der Waals surface area contributed by atoms with Crippen molar-refractivity contribution in [1.29, 1.82) is 0 Å². The molecule has 7 heteroatoms. The molecule has 2 fully saturated rings. The van der Waals surface area contributed by atoms with E-state index in [1.54, 1.807) is 28.9 Å². The van der Waals surface area contributed by atoms with Gasteiger partial charge in [-0.05, 0) is 55.9 Å². The zero-order valence-corrected chi connectivity index (χ0v) is 15.5. The van der Waals surface area contributed by atoms with Gasteiger partial charge in [0.25, 0.3) is 5.91 Å². The highest BCUT2D eigenvalue weighted by atomic mass is 35.5. The minimum atomic E-state index is -0.0338. The van der Waals surface area contributed by atoms with Crippen LogP contribution < -0.4 is 5.73 Å². The first kappa shape index (κ1) is 16.9. The van der Waals surface area contributed by atoms with Gasteiger partial charge in [-0.25, -0.2) is 4.68 Å². The number of hydrogen-bond acceptors (Lipinski definition) is 3. The summed E-state index contributed by atoms with van der Waals surface area (Å²) < 4.78 is 1.69. The molecule has 1 saturated carbocycles. The van der Waals surface area contributed by atoms with Crippen LogP contribution in [0.3, 0.4) is 0 Å². The van der Waals surface area contributed by atoms with Gasteiger partial charge < -0.3 is 10.6 Å². The number of carbonyl (C=O) groups excluding carboxylic acids is 1. The average Bonchev–Trinajstić information content (AvgIpc) is 3.24. The topological polar surface area (TPSA) is 64.2 Å². The third-order valence-corrected chi connectivity index (χ3v) is 5.98. The van der Waals surface area contributed by atoms with Crippen molar-refractivity contribution < 1.29 is 4.79 Å². The lowest BCUT2D eigenvalue weighted by molar-refractivity contribution is 0.0773. The van der Waals surface area contributed by atoms with E-state index in [0.29, 0.717) is 33.3 Å². The number of benzene rings is 1. The Hall–Kier alpha value is -1.56. The molecule has 1 aliphatic carbocycles. The summed E-state index contributed by atoms with van der Waals surface area (Å²) in [6, 6.07) is 7.26. The van der Waals surface area contributed by atoms with Crippen LogP contribution in [0.25, 0.3) is 5.69 Å². The second kappa shape index (κ2) is 6.31. The summed E-state index contributed by atoms with van der Waals surface area (Å²) in [5.74, 6) is 0.930. The van der Waals surface area contributed by atoms with Gasteiger partial charge in [0.05, 0.1) is 10.7 Å². The summed E-state index contributed by atoms with van der Waals surface area (Å²) in [6.45, 7) is 3.42. The lowest BCUT2D eigenvalue weighted by Crippen LogP contribution is -2.33. The van der Waals surface area contributed by atoms with E-state index in [0.717, 1.165) is 31.6 Å². The number of amides is 1. The predicted octanol–water partition coefficient (Wildman–Crippen LogP) is 3.30. The number of hydrogen-bond donors (Lipinski definition) is 1. The molecule has 1 saturated heterocycles. The first-order valence-electron chi connectivity index (χ1n) is 8.51. The van der Waals surface area contributed by atoms with Crippen molar-refractivity contribution in [1.82, 2.24) is 14.7 Å². The van der Waals surface area contributed by atoms with Crippen molar-refractivity contribution in [3.05, 3.63) is 45.7 Å². The molecule has 0 spiro atoms. The summed E-state index contributed by atoms with van der Waals surface area (Å²) >= 11 is 12.2. The van der Waals surface area contributed by atoms with Gasteiger partial charge in [0, 0.05) is 29.8 Å². The summed E-state index contributed by atoms with van der Waals surface area (Å²) in [7, 11) is 0. The van der Waals surface area contributed by atoms with Crippen molar-refractivity contribution in [2.75, 3.05) is 13.1 Å². The standard InChI is InChI=1S/C18H20Cl2N4O/c1-10-6-16(22-24(10)17-5-3-12(19)7-14(17)20)18(25)23-8-11-2-4-15(21)13(11)9-23/h3,5-7,11,13,15H,2,4,8-9,21H2,1H3. The molecule has 1 amide bonds. The molecule has 132 valence electrons. The molecule has 0 radical (unpaired) electrons. The Labute approximate surface area is 156 Å². The Kier molecular flexibility index (Phi) is 4.26. The summed E-state index contributed by atoms with van der Waals surface area (Å²) in [4.78, 5) is 14.8. The fourth-order valence-electron chi connectivity index (χ4n) is 4.11. The van der Waals surface area contributed by atoms with Crippen LogP contribution in [0.1, 0.15) is 29.0 Å². The Morgan fingerprint density at radius 3 is 2.76 bits per heavy atom. The van der Waals surface area contributed by atoms with Gasteiger partial charge in [-0.15, -0.1) is 0 Å². The number of rotatable bonds is 2. The maximum absolute atomic E-state index is 12.9. The number of aromatic nitrogens is 2. The van der Waals surface area contributed by atoms with E-state index in [4.69, 9.17) is 28.9 Å². The van der Waals surface area contributed by atoms with Crippen LogP contribution in [0.4, 0.5) is 0 Å². The molecule has 2 aromatic rings. The van der Waals surface area contributed by atoms with Crippen LogP contribution in [0.5, 0.6) is 0 Å². The van der Waals surface area contributed by atoms with Gasteiger partial charge >= 0.3 is 0 Å². The Balaban J connectivity index is 1.59. The molecule has 2 N–H and O–H groups in total. The molecule has 1 aromatic heterocycles. The Morgan fingerprint density at radius 1 is 1.24 bits per heavy atom. The maximum atomic E-state index is 12.9. The molecule has 2 aliphatic rings. The highest BCUT2D eigenvalue weighted by Gasteiger charge is 2.43. The Bertz CT molecular complexity index is 834. The summed E-state index contributed by atoms with van der Waals surface area (Å²) in [6.07, 6.45) is 2.18. The van der Waals surface area contributed by atoms with Gasteiger partial charge in [-0.3, -0.25) is 4.79 Å². The summed E-state index contributed by atoms with van der Waals surface area (Å²) in [5, 5.41) is 5.56. The van der Waals surface area contributed by atoms with Gasteiger partial charge in [0.15, 0.2) is 5.69 Å². The van der Waals surface area contributed by atoms with Crippen molar-refractivity contribution in [3.63, 3.8) is 0 Å². The normalized spacial score (nSPS) is 25.4. The highest BCUT2D eigenvalue weighted by Crippen LogP contribution is 2.37. The summed E-state index contributed by atoms with van der Waals surface area (Å²) in [5.41, 5.74) is 8.17. The van der Waals surface area contributed by atoms with E-state index in [-0.39, 0.29) is 11.9 Å². The average molecular weight is 379 g/mol. The quantitative estimate of drug-likeness (QED) is 0.871. The monoisotopic (exact) mass is 378 g/mol. The van der Waals surface area contributed by atoms with Gasteiger partial charge in [-0.1, -0.05) is 23.2 Å². The largest absolute Gasteiger partial charge is 0.337 e. The van der Waals surface area contributed by atoms with Gasteiger partial charge in [0.1, 0.15) is 0 Å². The fraction of sp³-hybridized carbons (Fsp3) is 0.444. The van der Waals surface area contributed by atoms with Crippen LogP contribution in [0.15, 0.2) is 24.3 Å². The van der Waals surface area contributed by atoms with Gasteiger partial charge in [0.2, 0.25) is 0 Å². The van der Waals surface area contributed by atoms with Gasteiger partial charge in [-0.2, -0.15) is 5.10 Å². The second-order valence-corrected chi connectivity index (χ2v) is 7.90. The molecular formula is C18H20Cl2N4O. The third-order valence-electron chi connectivity index (χ3n) is 5.44. The van der Waals surface area contributed by atoms with E-state index in [2.05, 4.69) is 5.10 Å². The number of halogens is 2. The van der Waals surface area contributed by atoms with Crippen LogP contribution in [0.2, 0.25) is 10.0 Å². The predicted molar refractivity (Wildman–Crippen MR) is 98.4 cm³/mol. The molecule has 3 unspecified atom stereocenters. The molecule has 25 heavy (non-hydrogen) atoms. The zero-order chi connectivity index (χ0) is 17.7. The molecule has 1 aliphatic heterocycles. The number of likely N-dealkylation sites (tertiary alicyclic amines) is 1. The van der Waals surface area contributed by atoms with E-state index < -0.39 is 0 Å². The smallest absolute Gasteiger partial charge is 0.274 e. The van der Waals surface area contributed by atoms with Crippen molar-refractivity contribution >= 4 is 29.1 Å². The zero-order valence-electron chi connectivity index (χ0n) is 14.0. The van der Waals surface area contributed by atoms with Crippen LogP contribution in [-0.2, 0) is 0 Å². The molecule has 0 bridgehead atoms. The SMILES string of the molecule is Cc1cc(C(=O)N2CC3CCC(N)C3C2)nn1-c1ccc(Cl)cc1Cl. The number of aryl methyl sites for hydroxylation is 1. The molecular weight excluding hydrogens is 359 g/mol. The first-order valence-corrected chi connectivity index (χ1v) is 9.26. The number of nitrogens with two attached hydrogens (primary N) is 1. The first-order chi connectivity index (χ1) is 11.9. The Morgan fingerprint density at radius 2 is 2.04 bits per heavy atom. The van der Waals surface area contributed by atoms with Crippen LogP contribution >= 0.6 is 23.2 Å². The molecule has 1 aromatic carbocycles. The van der Waals surface area contributed by atoms with E-state index in [9.17, 15) is 4.79 Å². The minimum absolute atomic E-state index is 0.0338. The second-order valence-electron chi connectivity index (χ2n) is 7.05. The maximum Gasteiger partial charge on any atom is 0.274 e. The molecule has 3 atom stereocenters. The van der Waals surface area contributed by atoms with Crippen molar-refractivity contribution in [3.8, 4) is 5.69 Å². The van der Waals surface area contributed by atoms with Crippen molar-refractivity contribution in [2.24, 2.45) is 17.6 Å². The van der Waals surface area contributed by atoms with Crippen molar-refractivity contribution in [2.45, 2.75) is 25.8 Å². The number of carbonyl (C=O) groups is 1. The lowest BCUT2D eigenvalue weighted by atomic mass is 9.98. The molecule has 4 rings (SSSR count). The van der Waals surface area contributed by atoms with E-state index in [1.165, 1.54) is 0 Å².